The van der Waals surface area contributed by atoms with Gasteiger partial charge in [0, 0.05) is 17.3 Å². The van der Waals surface area contributed by atoms with Crippen LogP contribution < -0.4 is 4.74 Å². The van der Waals surface area contributed by atoms with Crippen molar-refractivity contribution in [1.29, 1.82) is 0 Å². The fraction of sp³-hybridized carbons (Fsp3) is 0.300. The van der Waals surface area contributed by atoms with E-state index in [2.05, 4.69) is 5.10 Å². The molecule has 1 N–H and O–H groups in total. The average molecular weight is 259 g/mol. The van der Waals surface area contributed by atoms with Gasteiger partial charge in [-0.3, -0.25) is 4.68 Å². The van der Waals surface area contributed by atoms with Gasteiger partial charge in [0.1, 0.15) is 11.8 Å². The summed E-state index contributed by atoms with van der Waals surface area (Å²) in [6, 6.07) is 1.74. The molecule has 0 bridgehead atoms. The summed E-state index contributed by atoms with van der Waals surface area (Å²) in [5, 5.41) is 16.6. The number of aliphatic hydroxyl groups excluding tert-OH is 1. The molecule has 2 aromatic rings. The lowest BCUT2D eigenvalue weighted by molar-refractivity contribution is 0.208. The Labute approximate surface area is 102 Å². The predicted octanol–water partition coefficient (Wildman–Crippen LogP) is 2.23. The number of aryl methyl sites for hydroxylation is 1. The molecule has 0 aromatic carbocycles. The number of ether oxygens (including phenoxy) is 1. The number of nitrogens with zero attached hydrogens (tertiary/aromatic N) is 2. The highest BCUT2D eigenvalue weighted by Gasteiger charge is 2.21. The Hall–Kier alpha value is -1.04. The highest BCUT2D eigenvalue weighted by Crippen LogP contribution is 2.33. The third-order valence-corrected chi connectivity index (χ3v) is 3.62. The van der Waals surface area contributed by atoms with E-state index in [9.17, 15) is 5.11 Å². The van der Waals surface area contributed by atoms with Crippen LogP contribution in [-0.4, -0.2) is 22.0 Å². The molecule has 6 heteroatoms. The summed E-state index contributed by atoms with van der Waals surface area (Å²) in [6.45, 7) is 0. The molecule has 16 heavy (non-hydrogen) atoms. The van der Waals surface area contributed by atoms with E-state index in [1.165, 1.54) is 11.3 Å². The Kier molecular flexibility index (Phi) is 3.18. The van der Waals surface area contributed by atoms with E-state index < -0.39 is 6.10 Å². The molecule has 0 aliphatic rings. The molecule has 4 nitrogen and oxygen atoms in total. The summed E-state index contributed by atoms with van der Waals surface area (Å²) in [6.07, 6.45) is 0.813. The first-order chi connectivity index (χ1) is 7.63. The van der Waals surface area contributed by atoms with Crippen LogP contribution in [0, 0.1) is 0 Å². The van der Waals surface area contributed by atoms with E-state index in [0.717, 1.165) is 4.88 Å². The largest absolute Gasteiger partial charge is 0.493 e. The number of methoxy groups -OCH3 is 1. The first-order valence-corrected chi connectivity index (χ1v) is 5.87. The van der Waals surface area contributed by atoms with Gasteiger partial charge in [0.25, 0.3) is 0 Å². The number of thiophene rings is 1. The quantitative estimate of drug-likeness (QED) is 0.918. The Bertz CT molecular complexity index is 495. The summed E-state index contributed by atoms with van der Waals surface area (Å²) < 4.78 is 6.74. The molecule has 0 amide bonds. The van der Waals surface area contributed by atoms with Crippen molar-refractivity contribution in [3.8, 4) is 5.75 Å². The van der Waals surface area contributed by atoms with Crippen LogP contribution in [-0.2, 0) is 7.05 Å². The Morgan fingerprint density at radius 3 is 2.94 bits per heavy atom. The lowest BCUT2D eigenvalue weighted by Gasteiger charge is -2.10. The molecule has 0 saturated carbocycles. The van der Waals surface area contributed by atoms with Gasteiger partial charge in [-0.1, -0.05) is 11.6 Å². The summed E-state index contributed by atoms with van der Waals surface area (Å²) >= 11 is 7.23. The van der Waals surface area contributed by atoms with E-state index in [1.807, 2.05) is 0 Å². The smallest absolute Gasteiger partial charge is 0.163 e. The third-order valence-electron chi connectivity index (χ3n) is 2.29. The molecule has 0 radical (unpaired) electrons. The van der Waals surface area contributed by atoms with E-state index in [4.69, 9.17) is 16.3 Å². The standard InChI is InChI=1S/C10H11ClN2O2S/c1-13-9(7(15-2)4-12-13)10(14)8-3-6(11)5-16-8/h3-5,10,14H,1-2H3. The topological polar surface area (TPSA) is 47.3 Å². The third kappa shape index (κ3) is 1.93. The van der Waals surface area contributed by atoms with Crippen molar-refractivity contribution < 1.29 is 9.84 Å². The predicted molar refractivity (Wildman–Crippen MR) is 63.2 cm³/mol. The number of rotatable bonds is 3. The van der Waals surface area contributed by atoms with Crippen LogP contribution in [0.5, 0.6) is 5.75 Å². The zero-order valence-electron chi connectivity index (χ0n) is 8.85. The molecule has 0 spiro atoms. The second-order valence-corrected chi connectivity index (χ2v) is 4.67. The maximum atomic E-state index is 10.2. The zero-order chi connectivity index (χ0) is 11.7. The first kappa shape index (κ1) is 11.4. The molecule has 1 atom stereocenters. The zero-order valence-corrected chi connectivity index (χ0v) is 10.4. The Balaban J connectivity index is 2.40. The minimum Gasteiger partial charge on any atom is -0.493 e. The SMILES string of the molecule is COc1cnn(C)c1C(O)c1cc(Cl)cs1. The van der Waals surface area contributed by atoms with Gasteiger partial charge in [0.05, 0.1) is 18.3 Å². The minimum atomic E-state index is -0.764. The van der Waals surface area contributed by atoms with Crippen LogP contribution in [0.3, 0.4) is 0 Å². The number of hydrogen-bond acceptors (Lipinski definition) is 4. The van der Waals surface area contributed by atoms with Gasteiger partial charge < -0.3 is 9.84 Å². The molecule has 0 aliphatic carbocycles. The molecule has 0 saturated heterocycles. The highest BCUT2D eigenvalue weighted by atomic mass is 35.5. The molecule has 2 heterocycles. The number of halogens is 1. The van der Waals surface area contributed by atoms with E-state index >= 15 is 0 Å². The molecular weight excluding hydrogens is 248 g/mol. The second kappa shape index (κ2) is 4.45. The van der Waals surface area contributed by atoms with E-state index in [0.29, 0.717) is 16.5 Å². The van der Waals surface area contributed by atoms with Crippen molar-refractivity contribution in [3.63, 3.8) is 0 Å². The van der Waals surface area contributed by atoms with Crippen LogP contribution in [0.25, 0.3) is 0 Å². The van der Waals surface area contributed by atoms with Crippen LogP contribution in [0.15, 0.2) is 17.6 Å². The van der Waals surface area contributed by atoms with Gasteiger partial charge in [-0.05, 0) is 6.07 Å². The van der Waals surface area contributed by atoms with Gasteiger partial charge >= 0.3 is 0 Å². The minimum absolute atomic E-state index is 0.569. The molecule has 1 unspecified atom stereocenters. The summed E-state index contributed by atoms with van der Waals surface area (Å²) in [4.78, 5) is 0.770. The number of hydrogen-bond donors (Lipinski definition) is 1. The fourth-order valence-electron chi connectivity index (χ4n) is 1.50. The lowest BCUT2D eigenvalue weighted by Crippen LogP contribution is -2.06. The maximum Gasteiger partial charge on any atom is 0.163 e. The van der Waals surface area contributed by atoms with Gasteiger partial charge in [0.2, 0.25) is 0 Å². The normalized spacial score (nSPS) is 12.8. The molecule has 0 fully saturated rings. The Morgan fingerprint density at radius 1 is 1.62 bits per heavy atom. The van der Waals surface area contributed by atoms with E-state index in [-0.39, 0.29) is 0 Å². The summed E-state index contributed by atoms with van der Waals surface area (Å²) in [5.41, 5.74) is 0.626. The van der Waals surface area contributed by atoms with Crippen molar-refractivity contribution in [1.82, 2.24) is 9.78 Å². The van der Waals surface area contributed by atoms with Crippen LogP contribution in [0.4, 0.5) is 0 Å². The van der Waals surface area contributed by atoms with Crippen molar-refractivity contribution in [3.05, 3.63) is 33.2 Å². The molecule has 0 aliphatic heterocycles. The van der Waals surface area contributed by atoms with Crippen LogP contribution >= 0.6 is 22.9 Å². The second-order valence-electron chi connectivity index (χ2n) is 3.29. The van der Waals surface area contributed by atoms with Crippen LogP contribution in [0.1, 0.15) is 16.7 Å². The van der Waals surface area contributed by atoms with Gasteiger partial charge in [-0.15, -0.1) is 11.3 Å². The molecular formula is C10H11ClN2O2S. The number of aromatic nitrogens is 2. The summed E-state index contributed by atoms with van der Waals surface area (Å²) in [7, 11) is 3.31. The number of aliphatic hydroxyl groups is 1. The van der Waals surface area contributed by atoms with Gasteiger partial charge in [-0.25, -0.2) is 0 Å². The Morgan fingerprint density at radius 2 is 2.38 bits per heavy atom. The first-order valence-electron chi connectivity index (χ1n) is 4.61. The molecule has 2 rings (SSSR count). The maximum absolute atomic E-state index is 10.2. The average Bonchev–Trinajstić information content (AvgIpc) is 2.83. The highest BCUT2D eigenvalue weighted by molar-refractivity contribution is 7.10. The monoisotopic (exact) mass is 258 g/mol. The molecule has 86 valence electrons. The van der Waals surface area contributed by atoms with Crippen molar-refractivity contribution in [2.75, 3.05) is 7.11 Å². The lowest BCUT2D eigenvalue weighted by atomic mass is 10.2. The van der Waals surface area contributed by atoms with Crippen molar-refractivity contribution in [2.45, 2.75) is 6.10 Å². The summed E-state index contributed by atoms with van der Waals surface area (Å²) in [5.74, 6) is 0.569. The van der Waals surface area contributed by atoms with E-state index in [1.54, 1.807) is 36.5 Å². The van der Waals surface area contributed by atoms with Crippen LogP contribution in [0.2, 0.25) is 5.02 Å². The molecule has 2 aromatic heterocycles. The van der Waals surface area contributed by atoms with Crippen molar-refractivity contribution in [2.24, 2.45) is 7.05 Å². The van der Waals surface area contributed by atoms with Gasteiger partial charge in [-0.2, -0.15) is 5.10 Å². The van der Waals surface area contributed by atoms with Crippen molar-refractivity contribution >= 4 is 22.9 Å². The fourth-order valence-corrected chi connectivity index (χ4v) is 2.57. The van der Waals surface area contributed by atoms with Gasteiger partial charge in [0.15, 0.2) is 5.75 Å².